The van der Waals surface area contributed by atoms with Gasteiger partial charge in [-0.1, -0.05) is 18.2 Å². The Morgan fingerprint density at radius 1 is 1.25 bits per heavy atom. The van der Waals surface area contributed by atoms with Crippen LogP contribution in [-0.4, -0.2) is 39.7 Å². The molecular formula is C22H18F5N3O2. The van der Waals surface area contributed by atoms with Crippen molar-refractivity contribution in [2.45, 2.75) is 37.5 Å². The molecule has 0 amide bonds. The van der Waals surface area contributed by atoms with Gasteiger partial charge in [0.2, 0.25) is 0 Å². The Bertz CT molecular complexity index is 1200. The van der Waals surface area contributed by atoms with E-state index in [1.54, 1.807) is 24.3 Å². The van der Waals surface area contributed by atoms with Crippen LogP contribution in [0.25, 0.3) is 10.9 Å². The van der Waals surface area contributed by atoms with E-state index in [1.165, 1.54) is 6.92 Å². The monoisotopic (exact) mass is 451 g/mol. The molecule has 168 valence electrons. The first kappa shape index (κ1) is 22.1. The molecule has 1 N–H and O–H groups in total. The molecule has 0 spiro atoms. The minimum atomic E-state index is -5.06. The zero-order valence-corrected chi connectivity index (χ0v) is 16.8. The fourth-order valence-corrected chi connectivity index (χ4v) is 3.73. The second kappa shape index (κ2) is 8.09. The summed E-state index contributed by atoms with van der Waals surface area (Å²) in [7, 11) is 0. The molecule has 5 nitrogen and oxygen atoms in total. The molecular weight excluding hydrogens is 433 g/mol. The molecule has 2 aromatic carbocycles. The number of alkyl halides is 3. The van der Waals surface area contributed by atoms with E-state index in [9.17, 15) is 27.1 Å². The minimum Gasteiger partial charge on any atom is -0.493 e. The molecule has 1 aromatic heterocycles. The van der Waals surface area contributed by atoms with Gasteiger partial charge in [0.05, 0.1) is 12.3 Å². The molecule has 2 unspecified atom stereocenters. The number of hydrogen-bond acceptors (Lipinski definition) is 5. The first-order valence-electron chi connectivity index (χ1n) is 9.76. The lowest BCUT2D eigenvalue weighted by molar-refractivity contribution is -0.232. The molecule has 1 aliphatic heterocycles. The molecule has 4 rings (SSSR count). The predicted molar refractivity (Wildman–Crippen MR) is 107 cm³/mol. The zero-order valence-electron chi connectivity index (χ0n) is 16.8. The quantitative estimate of drug-likeness (QED) is 0.439. The number of benzene rings is 2. The van der Waals surface area contributed by atoms with E-state index in [0.717, 1.165) is 6.20 Å². The number of para-hydroxylation sites is 1. The lowest BCUT2D eigenvalue weighted by atomic mass is 9.82. The fraction of sp³-hybridized carbons (Fsp3) is 0.318. The van der Waals surface area contributed by atoms with Crippen molar-refractivity contribution in [2.24, 2.45) is 4.99 Å². The highest BCUT2D eigenvalue weighted by Crippen LogP contribution is 2.43. The lowest BCUT2D eigenvalue weighted by Gasteiger charge is -2.33. The van der Waals surface area contributed by atoms with E-state index in [2.05, 4.69) is 15.0 Å². The third-order valence-corrected chi connectivity index (χ3v) is 5.41. The van der Waals surface area contributed by atoms with Crippen molar-refractivity contribution >= 4 is 22.8 Å². The summed E-state index contributed by atoms with van der Waals surface area (Å²) >= 11 is 0. The molecule has 3 aromatic rings. The Morgan fingerprint density at radius 2 is 2.00 bits per heavy atom. The second-order valence-electron chi connectivity index (χ2n) is 7.63. The highest BCUT2D eigenvalue weighted by molar-refractivity contribution is 5.92. The Morgan fingerprint density at radius 3 is 2.75 bits per heavy atom. The molecule has 2 atom stereocenters. The van der Waals surface area contributed by atoms with Crippen molar-refractivity contribution < 1.29 is 31.8 Å². The highest BCUT2D eigenvalue weighted by Gasteiger charge is 2.54. The number of aryl methyl sites for hydroxylation is 1. The van der Waals surface area contributed by atoms with Crippen LogP contribution in [0.3, 0.4) is 0 Å². The van der Waals surface area contributed by atoms with Gasteiger partial charge in [0.1, 0.15) is 17.1 Å². The van der Waals surface area contributed by atoms with E-state index in [1.807, 2.05) is 0 Å². The highest BCUT2D eigenvalue weighted by atomic mass is 19.4. The number of aliphatic imine (C=N–C) groups is 1. The van der Waals surface area contributed by atoms with Crippen LogP contribution < -0.4 is 4.74 Å². The first-order valence-corrected chi connectivity index (χ1v) is 9.76. The van der Waals surface area contributed by atoms with E-state index >= 15 is 0 Å². The Balaban J connectivity index is 1.74. The average molecular weight is 451 g/mol. The summed E-state index contributed by atoms with van der Waals surface area (Å²) in [6.07, 6.45) is -4.03. The van der Waals surface area contributed by atoms with Gasteiger partial charge in [0, 0.05) is 23.9 Å². The van der Waals surface area contributed by atoms with Crippen LogP contribution >= 0.6 is 0 Å². The predicted octanol–water partition coefficient (Wildman–Crippen LogP) is 5.17. The number of fused-ring (bicyclic) bond motifs is 2. The third kappa shape index (κ3) is 4.02. The van der Waals surface area contributed by atoms with Crippen LogP contribution in [-0.2, 0) is 0 Å². The number of rotatable bonds is 4. The van der Waals surface area contributed by atoms with Crippen LogP contribution in [0.5, 0.6) is 5.75 Å². The standard InChI is InChI=1S/C22H18F5N3O2/c1-12-28-10-15-17(8-16(23)19(24)20(15)30-12)29-11-21(31,22(25,26)27)9-13-6-7-32-18-5-3-2-4-14(13)18/h2-5,8,10-11,13,31H,6-7,9H2,1H3/b29-11+. The first-order chi connectivity index (χ1) is 15.1. The van der Waals surface area contributed by atoms with Crippen LogP contribution in [0.1, 0.15) is 30.1 Å². The molecule has 0 bridgehead atoms. The van der Waals surface area contributed by atoms with Crippen molar-refractivity contribution in [2.75, 3.05) is 6.61 Å². The number of hydrogen-bond donors (Lipinski definition) is 1. The van der Waals surface area contributed by atoms with Crippen molar-refractivity contribution in [3.05, 3.63) is 59.6 Å². The largest absolute Gasteiger partial charge is 0.493 e. The van der Waals surface area contributed by atoms with Crippen LogP contribution in [0, 0.1) is 18.6 Å². The number of halogens is 5. The molecule has 0 aliphatic carbocycles. The average Bonchev–Trinajstić information content (AvgIpc) is 2.75. The molecule has 0 saturated carbocycles. The molecule has 0 fully saturated rings. The maximum Gasteiger partial charge on any atom is 0.422 e. The summed E-state index contributed by atoms with van der Waals surface area (Å²) in [5.41, 5.74) is -3.49. The van der Waals surface area contributed by atoms with Gasteiger partial charge in [-0.05, 0) is 37.3 Å². The Labute approximate surface area is 179 Å². The smallest absolute Gasteiger partial charge is 0.422 e. The summed E-state index contributed by atoms with van der Waals surface area (Å²) in [5, 5.41) is 10.5. The number of ether oxygens (including phenoxy) is 1. The summed E-state index contributed by atoms with van der Waals surface area (Å²) in [6.45, 7) is 1.66. The van der Waals surface area contributed by atoms with Crippen LogP contribution in [0.2, 0.25) is 0 Å². The van der Waals surface area contributed by atoms with Crippen molar-refractivity contribution in [3.8, 4) is 5.75 Å². The van der Waals surface area contributed by atoms with E-state index in [-0.39, 0.29) is 29.9 Å². The normalized spacial score (nSPS) is 18.4. The number of nitrogens with zero attached hydrogens (tertiary/aromatic N) is 3. The van der Waals surface area contributed by atoms with Gasteiger partial charge >= 0.3 is 6.18 Å². The maximum absolute atomic E-state index is 14.1. The minimum absolute atomic E-state index is 0.0771. The van der Waals surface area contributed by atoms with E-state index < -0.39 is 41.3 Å². The van der Waals surface area contributed by atoms with Crippen molar-refractivity contribution in [1.29, 1.82) is 0 Å². The van der Waals surface area contributed by atoms with E-state index in [0.29, 0.717) is 23.6 Å². The van der Waals surface area contributed by atoms with Crippen LogP contribution in [0.4, 0.5) is 27.6 Å². The summed E-state index contributed by atoms with van der Waals surface area (Å²) in [6, 6.07) is 7.33. The van der Waals surface area contributed by atoms with Gasteiger partial charge in [-0.25, -0.2) is 18.7 Å². The summed E-state index contributed by atoms with van der Waals surface area (Å²) < 4.78 is 75.4. The van der Waals surface area contributed by atoms with Crippen molar-refractivity contribution in [1.82, 2.24) is 9.97 Å². The van der Waals surface area contributed by atoms with Gasteiger partial charge in [-0.15, -0.1) is 0 Å². The Kier molecular flexibility index (Phi) is 5.58. The molecule has 2 heterocycles. The van der Waals surface area contributed by atoms with Gasteiger partial charge in [0.15, 0.2) is 17.2 Å². The van der Waals surface area contributed by atoms with Gasteiger partial charge in [-0.2, -0.15) is 13.2 Å². The van der Waals surface area contributed by atoms with Crippen molar-refractivity contribution in [3.63, 3.8) is 0 Å². The Hall–Kier alpha value is -3.14. The number of aromatic nitrogens is 2. The lowest BCUT2D eigenvalue weighted by Crippen LogP contribution is -2.48. The molecule has 1 aliphatic rings. The summed E-state index contributed by atoms with van der Waals surface area (Å²) in [4.78, 5) is 11.4. The van der Waals surface area contributed by atoms with Gasteiger partial charge < -0.3 is 9.84 Å². The molecule has 10 heteroatoms. The third-order valence-electron chi connectivity index (χ3n) is 5.41. The SMILES string of the molecule is Cc1ncc2c(/N=C/C(O)(CC3CCOc4ccccc43)C(F)(F)F)cc(F)c(F)c2n1. The molecule has 32 heavy (non-hydrogen) atoms. The molecule has 0 radical (unpaired) electrons. The number of aliphatic hydroxyl groups is 1. The van der Waals surface area contributed by atoms with Crippen LogP contribution in [0.15, 0.2) is 41.5 Å². The maximum atomic E-state index is 14.1. The van der Waals surface area contributed by atoms with E-state index in [4.69, 9.17) is 4.74 Å². The topological polar surface area (TPSA) is 67.6 Å². The van der Waals surface area contributed by atoms with Gasteiger partial charge in [-0.3, -0.25) is 4.99 Å². The second-order valence-corrected chi connectivity index (χ2v) is 7.63. The summed E-state index contributed by atoms with van der Waals surface area (Å²) in [5.74, 6) is -2.61. The van der Waals surface area contributed by atoms with Gasteiger partial charge in [0.25, 0.3) is 0 Å². The molecule has 0 saturated heterocycles. The fourth-order valence-electron chi connectivity index (χ4n) is 3.73. The zero-order chi connectivity index (χ0) is 23.1.